The number of nitrogens with one attached hydrogen (secondary N) is 1. The quantitative estimate of drug-likeness (QED) is 0.890. The zero-order chi connectivity index (χ0) is 15.2. The molecule has 1 N–H and O–H groups in total. The normalized spacial score (nSPS) is 9.81. The predicted molar refractivity (Wildman–Crippen MR) is 85.7 cm³/mol. The van der Waals surface area contributed by atoms with Gasteiger partial charge in [0.25, 0.3) is 0 Å². The third kappa shape index (κ3) is 3.47. The maximum Gasteiger partial charge on any atom is 0.165 e. The smallest absolute Gasteiger partial charge is 0.165 e. The molecule has 0 aliphatic rings. The first-order valence-electron chi connectivity index (χ1n) is 6.33. The minimum atomic E-state index is 0.588. The van der Waals surface area contributed by atoms with Crippen molar-refractivity contribution in [2.75, 3.05) is 19.5 Å². The highest BCUT2D eigenvalue weighted by atomic mass is 79.9. The van der Waals surface area contributed by atoms with Crippen molar-refractivity contribution in [2.45, 2.75) is 6.54 Å². The lowest BCUT2D eigenvalue weighted by molar-refractivity contribution is 0.352. The molecule has 0 unspecified atom stereocenters. The molecule has 4 nitrogen and oxygen atoms in total. The first-order valence-corrected chi connectivity index (χ1v) is 7.12. The van der Waals surface area contributed by atoms with E-state index in [4.69, 9.17) is 14.7 Å². The van der Waals surface area contributed by atoms with Crippen molar-refractivity contribution in [1.29, 1.82) is 5.26 Å². The van der Waals surface area contributed by atoms with E-state index in [-0.39, 0.29) is 0 Å². The lowest BCUT2D eigenvalue weighted by Gasteiger charge is -2.14. The van der Waals surface area contributed by atoms with E-state index >= 15 is 0 Å². The molecule has 2 aromatic rings. The Morgan fingerprint density at radius 1 is 1.19 bits per heavy atom. The summed E-state index contributed by atoms with van der Waals surface area (Å²) in [4.78, 5) is 0. The number of ether oxygens (including phenoxy) is 2. The van der Waals surface area contributed by atoms with E-state index in [0.717, 1.165) is 21.5 Å². The largest absolute Gasteiger partial charge is 0.493 e. The zero-order valence-electron chi connectivity index (χ0n) is 11.8. The third-order valence-electron chi connectivity index (χ3n) is 3.05. The molecule has 108 valence electrons. The van der Waals surface area contributed by atoms with Crippen LogP contribution >= 0.6 is 15.9 Å². The Kier molecular flexibility index (Phi) is 5.07. The van der Waals surface area contributed by atoms with Gasteiger partial charge in [-0.25, -0.2) is 0 Å². The highest BCUT2D eigenvalue weighted by Crippen LogP contribution is 2.32. The number of benzene rings is 2. The van der Waals surface area contributed by atoms with Crippen molar-refractivity contribution in [3.05, 3.63) is 52.0 Å². The van der Waals surface area contributed by atoms with Crippen molar-refractivity contribution in [2.24, 2.45) is 0 Å². The van der Waals surface area contributed by atoms with Crippen LogP contribution in [0.25, 0.3) is 0 Å². The number of rotatable bonds is 5. The Hall–Kier alpha value is -2.19. The van der Waals surface area contributed by atoms with Crippen molar-refractivity contribution in [3.8, 4) is 17.6 Å². The summed E-state index contributed by atoms with van der Waals surface area (Å²) >= 11 is 3.46. The van der Waals surface area contributed by atoms with Gasteiger partial charge >= 0.3 is 0 Å². The van der Waals surface area contributed by atoms with E-state index in [1.165, 1.54) is 0 Å². The molecule has 0 fully saturated rings. The summed E-state index contributed by atoms with van der Waals surface area (Å²) in [6, 6.07) is 13.3. The second-order valence-corrected chi connectivity index (χ2v) is 5.17. The standard InChI is InChI=1S/C16H15BrN2O2/c1-20-15-5-3-4-12(16(15)21-2)10-19-14-7-6-11(9-18)8-13(14)17/h3-8,19H,10H2,1-2H3. The number of methoxy groups -OCH3 is 2. The van der Waals surface area contributed by atoms with Crippen LogP contribution in [0.2, 0.25) is 0 Å². The Labute approximate surface area is 132 Å². The van der Waals surface area contributed by atoms with Gasteiger partial charge in [-0.15, -0.1) is 0 Å². The number of hydrogen-bond donors (Lipinski definition) is 1. The first-order chi connectivity index (χ1) is 10.2. The summed E-state index contributed by atoms with van der Waals surface area (Å²) in [5, 5.41) is 12.2. The van der Waals surface area contributed by atoms with Gasteiger partial charge in [-0.1, -0.05) is 12.1 Å². The fourth-order valence-corrected chi connectivity index (χ4v) is 2.53. The number of hydrogen-bond acceptors (Lipinski definition) is 4. The Morgan fingerprint density at radius 2 is 2.00 bits per heavy atom. The van der Waals surface area contributed by atoms with Crippen molar-refractivity contribution < 1.29 is 9.47 Å². The van der Waals surface area contributed by atoms with Crippen molar-refractivity contribution in [1.82, 2.24) is 0 Å². The van der Waals surface area contributed by atoms with Gasteiger partial charge < -0.3 is 14.8 Å². The molecule has 0 saturated heterocycles. The lowest BCUT2D eigenvalue weighted by Crippen LogP contribution is -2.03. The molecule has 0 amide bonds. The predicted octanol–water partition coefficient (Wildman–Crippen LogP) is 3.95. The van der Waals surface area contributed by atoms with E-state index in [9.17, 15) is 0 Å². The van der Waals surface area contributed by atoms with Gasteiger partial charge in [0.05, 0.1) is 25.9 Å². The van der Waals surface area contributed by atoms with E-state index < -0.39 is 0 Å². The average Bonchev–Trinajstić information content (AvgIpc) is 2.52. The SMILES string of the molecule is COc1cccc(CNc2ccc(C#N)cc2Br)c1OC. The van der Waals surface area contributed by atoms with Crippen molar-refractivity contribution >= 4 is 21.6 Å². The van der Waals surface area contributed by atoms with Gasteiger partial charge in [0, 0.05) is 22.3 Å². The van der Waals surface area contributed by atoms with Crippen LogP contribution in [0.1, 0.15) is 11.1 Å². The van der Waals surface area contributed by atoms with Crippen LogP contribution in [0.4, 0.5) is 5.69 Å². The molecule has 2 aromatic carbocycles. The molecule has 0 aliphatic heterocycles. The van der Waals surface area contributed by atoms with Crippen molar-refractivity contribution in [3.63, 3.8) is 0 Å². The number of nitrogens with zero attached hydrogens (tertiary/aromatic N) is 1. The Morgan fingerprint density at radius 3 is 2.62 bits per heavy atom. The minimum Gasteiger partial charge on any atom is -0.493 e. The first kappa shape index (κ1) is 15.2. The minimum absolute atomic E-state index is 0.588. The highest BCUT2D eigenvalue weighted by molar-refractivity contribution is 9.10. The molecular formula is C16H15BrN2O2. The monoisotopic (exact) mass is 346 g/mol. The molecule has 5 heteroatoms. The van der Waals surface area contributed by atoms with Gasteiger partial charge in [-0.2, -0.15) is 5.26 Å². The van der Waals surface area contributed by atoms with Gasteiger partial charge in [0.15, 0.2) is 11.5 Å². The molecule has 0 bridgehead atoms. The molecule has 0 radical (unpaired) electrons. The summed E-state index contributed by atoms with van der Waals surface area (Å²) in [5.74, 6) is 1.42. The molecular weight excluding hydrogens is 332 g/mol. The lowest BCUT2D eigenvalue weighted by atomic mass is 10.1. The molecule has 0 saturated carbocycles. The Bertz CT molecular complexity index is 680. The number of anilines is 1. The van der Waals surface area contributed by atoms with Crippen LogP contribution in [0, 0.1) is 11.3 Å². The summed E-state index contributed by atoms with van der Waals surface area (Å²) in [6.45, 7) is 0.588. The molecule has 0 aromatic heterocycles. The van der Waals surface area contributed by atoms with Gasteiger partial charge in [0.2, 0.25) is 0 Å². The summed E-state index contributed by atoms with van der Waals surface area (Å²) < 4.78 is 11.5. The fraction of sp³-hybridized carbons (Fsp3) is 0.188. The highest BCUT2D eigenvalue weighted by Gasteiger charge is 2.09. The van der Waals surface area contributed by atoms with Crippen LogP contribution in [0.5, 0.6) is 11.5 Å². The van der Waals surface area contributed by atoms with Crippen LogP contribution in [0.15, 0.2) is 40.9 Å². The molecule has 0 aliphatic carbocycles. The van der Waals surface area contributed by atoms with E-state index in [0.29, 0.717) is 17.9 Å². The molecule has 21 heavy (non-hydrogen) atoms. The van der Waals surface area contributed by atoms with E-state index in [1.54, 1.807) is 26.4 Å². The number of nitriles is 1. The maximum atomic E-state index is 8.87. The average molecular weight is 347 g/mol. The molecule has 0 atom stereocenters. The van der Waals surface area contributed by atoms with Gasteiger partial charge in [-0.05, 0) is 40.2 Å². The summed E-state index contributed by atoms with van der Waals surface area (Å²) in [7, 11) is 3.24. The zero-order valence-corrected chi connectivity index (χ0v) is 13.4. The summed E-state index contributed by atoms with van der Waals surface area (Å²) in [6.07, 6.45) is 0. The summed E-state index contributed by atoms with van der Waals surface area (Å²) in [5.41, 5.74) is 2.53. The molecule has 0 heterocycles. The maximum absolute atomic E-state index is 8.87. The van der Waals surface area contributed by atoms with E-state index in [2.05, 4.69) is 27.3 Å². The second-order valence-electron chi connectivity index (χ2n) is 4.31. The van der Waals surface area contributed by atoms with E-state index in [1.807, 2.05) is 24.3 Å². The van der Waals surface area contributed by atoms with Crippen LogP contribution in [0.3, 0.4) is 0 Å². The Balaban J connectivity index is 2.19. The van der Waals surface area contributed by atoms with Crippen LogP contribution < -0.4 is 14.8 Å². The number of halogens is 1. The topological polar surface area (TPSA) is 54.3 Å². The molecule has 0 spiro atoms. The molecule has 2 rings (SSSR count). The fourth-order valence-electron chi connectivity index (χ4n) is 2.01. The third-order valence-corrected chi connectivity index (χ3v) is 3.71. The van der Waals surface area contributed by atoms with Crippen LogP contribution in [-0.4, -0.2) is 14.2 Å². The van der Waals surface area contributed by atoms with Gasteiger partial charge in [0.1, 0.15) is 0 Å². The number of para-hydroxylation sites is 1. The second kappa shape index (κ2) is 7.00. The van der Waals surface area contributed by atoms with Gasteiger partial charge in [-0.3, -0.25) is 0 Å². The van der Waals surface area contributed by atoms with Crippen LogP contribution in [-0.2, 0) is 6.54 Å².